The van der Waals surface area contributed by atoms with E-state index in [9.17, 15) is 14.4 Å². The molecular formula is C25H28ClN3O3S. The molecule has 0 aliphatic heterocycles. The lowest BCUT2D eigenvalue weighted by atomic mass is 10.0. The third-order valence-electron chi connectivity index (χ3n) is 5.50. The van der Waals surface area contributed by atoms with Crippen molar-refractivity contribution < 1.29 is 9.59 Å². The van der Waals surface area contributed by atoms with E-state index in [1.807, 2.05) is 24.3 Å². The number of halogens is 1. The minimum atomic E-state index is -0.778. The summed E-state index contributed by atoms with van der Waals surface area (Å²) in [6, 6.07) is 14.7. The average Bonchev–Trinajstić information content (AvgIpc) is 2.81. The summed E-state index contributed by atoms with van der Waals surface area (Å²) in [4.78, 5) is 43.3. The number of fused-ring (bicyclic) bond motifs is 1. The molecule has 0 spiro atoms. The lowest BCUT2D eigenvalue weighted by molar-refractivity contribution is -0.112. The molecule has 33 heavy (non-hydrogen) atoms. The number of hydrogen-bond donors (Lipinski definition) is 2. The lowest BCUT2D eigenvalue weighted by Gasteiger charge is -2.20. The second-order valence-corrected chi connectivity index (χ2v) is 9.17. The monoisotopic (exact) mass is 485 g/mol. The molecule has 6 nitrogen and oxygen atoms in total. The molecule has 0 saturated heterocycles. The largest absolute Gasteiger partial charge is 0.341 e. The summed E-state index contributed by atoms with van der Waals surface area (Å²) >= 11 is 7.14. The molecule has 1 atom stereocenters. The predicted molar refractivity (Wildman–Crippen MR) is 136 cm³/mol. The summed E-state index contributed by atoms with van der Waals surface area (Å²) in [5.41, 5.74) is 1.59. The van der Waals surface area contributed by atoms with E-state index in [4.69, 9.17) is 11.6 Å². The number of hydrogen-bond acceptors (Lipinski definition) is 5. The SMILES string of the molecule is CCN(CC)CCSC(=O)C(Cc1cc(=O)[nH]c2ccccc12)NC(=O)c1ccc(Cl)cc1. The number of aromatic amines is 1. The van der Waals surface area contributed by atoms with Crippen molar-refractivity contribution in [2.45, 2.75) is 26.3 Å². The van der Waals surface area contributed by atoms with Gasteiger partial charge in [-0.3, -0.25) is 14.4 Å². The highest BCUT2D eigenvalue weighted by atomic mass is 35.5. The Balaban J connectivity index is 1.83. The molecule has 1 aromatic heterocycles. The van der Waals surface area contributed by atoms with Crippen LogP contribution >= 0.6 is 23.4 Å². The number of rotatable bonds is 10. The van der Waals surface area contributed by atoms with E-state index in [0.717, 1.165) is 25.0 Å². The minimum absolute atomic E-state index is 0.131. The van der Waals surface area contributed by atoms with Gasteiger partial charge in [0.1, 0.15) is 6.04 Å². The standard InChI is InChI=1S/C25H28ClN3O3S/c1-3-29(4-2)13-14-33-25(32)22(28-24(31)17-9-11-19(26)12-10-17)15-18-16-23(30)27-21-8-6-5-7-20(18)21/h5-12,16,22H,3-4,13-15H2,1-2H3,(H,27,30)(H,28,31). The molecule has 0 bridgehead atoms. The Kier molecular flexibility index (Phi) is 9.11. The summed E-state index contributed by atoms with van der Waals surface area (Å²) < 4.78 is 0. The van der Waals surface area contributed by atoms with Gasteiger partial charge in [0.05, 0.1) is 0 Å². The van der Waals surface area contributed by atoms with Crippen molar-refractivity contribution in [3.05, 3.63) is 81.1 Å². The topological polar surface area (TPSA) is 82.3 Å². The van der Waals surface area contributed by atoms with Crippen LogP contribution in [0.25, 0.3) is 10.9 Å². The van der Waals surface area contributed by atoms with Gasteiger partial charge in [-0.25, -0.2) is 0 Å². The van der Waals surface area contributed by atoms with Crippen molar-refractivity contribution in [2.24, 2.45) is 0 Å². The van der Waals surface area contributed by atoms with Gasteiger partial charge in [-0.05, 0) is 49.0 Å². The number of thioether (sulfide) groups is 1. The van der Waals surface area contributed by atoms with Crippen LogP contribution < -0.4 is 10.9 Å². The van der Waals surface area contributed by atoms with Gasteiger partial charge in [-0.1, -0.05) is 55.4 Å². The van der Waals surface area contributed by atoms with E-state index in [2.05, 4.69) is 29.0 Å². The first-order chi connectivity index (χ1) is 15.9. The summed E-state index contributed by atoms with van der Waals surface area (Å²) in [5.74, 6) is 0.271. The van der Waals surface area contributed by atoms with Crippen LogP contribution in [0.3, 0.4) is 0 Å². The Bertz CT molecular complexity index is 1160. The summed E-state index contributed by atoms with van der Waals surface area (Å²) in [6.07, 6.45) is 0.223. The zero-order valence-corrected chi connectivity index (χ0v) is 20.3. The van der Waals surface area contributed by atoms with Gasteiger partial charge in [0, 0.05) is 46.3 Å². The first kappa shape index (κ1) is 25.0. The Labute approximate surface area is 202 Å². The van der Waals surface area contributed by atoms with Gasteiger partial charge in [0.25, 0.3) is 5.91 Å². The number of amides is 1. The highest BCUT2D eigenvalue weighted by molar-refractivity contribution is 8.13. The van der Waals surface area contributed by atoms with Crippen molar-refractivity contribution in [1.82, 2.24) is 15.2 Å². The van der Waals surface area contributed by atoms with Crippen LogP contribution in [0.4, 0.5) is 0 Å². The quantitative estimate of drug-likeness (QED) is 0.451. The summed E-state index contributed by atoms with van der Waals surface area (Å²) in [7, 11) is 0. The molecule has 1 amide bonds. The molecule has 0 saturated carbocycles. The maximum absolute atomic E-state index is 13.2. The van der Waals surface area contributed by atoms with Gasteiger partial charge < -0.3 is 15.2 Å². The molecule has 0 aliphatic rings. The predicted octanol–water partition coefficient (Wildman–Crippen LogP) is 4.12. The van der Waals surface area contributed by atoms with Gasteiger partial charge in [-0.2, -0.15) is 0 Å². The second-order valence-electron chi connectivity index (χ2n) is 7.64. The van der Waals surface area contributed by atoms with Crippen LogP contribution in [0.2, 0.25) is 5.02 Å². The molecule has 0 aliphatic carbocycles. The number of carbonyl (C=O) groups is 2. The van der Waals surface area contributed by atoms with Crippen LogP contribution in [-0.4, -0.2) is 52.3 Å². The van der Waals surface area contributed by atoms with E-state index >= 15 is 0 Å². The molecular weight excluding hydrogens is 458 g/mol. The number of aromatic nitrogens is 1. The molecule has 2 aromatic carbocycles. The van der Waals surface area contributed by atoms with Crippen LogP contribution in [0.1, 0.15) is 29.8 Å². The Morgan fingerprint density at radius 3 is 2.48 bits per heavy atom. The van der Waals surface area contributed by atoms with Gasteiger partial charge in [0.2, 0.25) is 10.7 Å². The summed E-state index contributed by atoms with van der Waals surface area (Å²) in [6.45, 7) is 6.79. The molecule has 0 radical (unpaired) electrons. The van der Waals surface area contributed by atoms with E-state index in [-0.39, 0.29) is 23.0 Å². The third kappa shape index (κ3) is 6.93. The number of pyridine rings is 1. The molecule has 2 N–H and O–H groups in total. The Morgan fingerprint density at radius 2 is 1.79 bits per heavy atom. The van der Waals surface area contributed by atoms with E-state index < -0.39 is 6.04 Å². The molecule has 1 heterocycles. The molecule has 3 rings (SSSR count). The zero-order valence-electron chi connectivity index (χ0n) is 18.8. The van der Waals surface area contributed by atoms with E-state index in [1.165, 1.54) is 17.8 Å². The number of nitrogens with zero attached hydrogens (tertiary/aromatic N) is 1. The fraction of sp³-hybridized carbons (Fsp3) is 0.320. The Morgan fingerprint density at radius 1 is 1.09 bits per heavy atom. The van der Waals surface area contributed by atoms with Crippen molar-refractivity contribution in [2.75, 3.05) is 25.4 Å². The zero-order chi connectivity index (χ0) is 23.8. The molecule has 174 valence electrons. The maximum Gasteiger partial charge on any atom is 0.251 e. The highest BCUT2D eigenvalue weighted by Crippen LogP contribution is 2.19. The summed E-state index contributed by atoms with van der Waals surface area (Å²) in [5, 5.41) is 4.12. The minimum Gasteiger partial charge on any atom is -0.341 e. The van der Waals surface area contributed by atoms with Crippen LogP contribution in [0, 0.1) is 0 Å². The first-order valence-corrected chi connectivity index (χ1v) is 12.3. The number of H-pyrrole nitrogens is 1. The van der Waals surface area contributed by atoms with E-state index in [0.29, 0.717) is 27.4 Å². The van der Waals surface area contributed by atoms with Gasteiger partial charge in [-0.15, -0.1) is 0 Å². The molecule has 3 aromatic rings. The Hall–Kier alpha value is -2.61. The highest BCUT2D eigenvalue weighted by Gasteiger charge is 2.23. The molecule has 0 fully saturated rings. The fourth-order valence-corrected chi connectivity index (χ4v) is 4.64. The number of carbonyl (C=O) groups excluding carboxylic acids is 2. The number of benzene rings is 2. The van der Waals surface area contributed by atoms with Crippen molar-refractivity contribution in [3.63, 3.8) is 0 Å². The van der Waals surface area contributed by atoms with Crippen molar-refractivity contribution in [1.29, 1.82) is 0 Å². The van der Waals surface area contributed by atoms with Crippen LogP contribution in [0.5, 0.6) is 0 Å². The normalized spacial score (nSPS) is 12.1. The first-order valence-electron chi connectivity index (χ1n) is 11.0. The molecule has 1 unspecified atom stereocenters. The lowest BCUT2D eigenvalue weighted by Crippen LogP contribution is -2.42. The second kappa shape index (κ2) is 12.0. The van der Waals surface area contributed by atoms with E-state index in [1.54, 1.807) is 24.3 Å². The van der Waals surface area contributed by atoms with Crippen molar-refractivity contribution in [3.8, 4) is 0 Å². The van der Waals surface area contributed by atoms with Gasteiger partial charge in [0.15, 0.2) is 0 Å². The van der Waals surface area contributed by atoms with Crippen LogP contribution in [0.15, 0.2) is 59.4 Å². The maximum atomic E-state index is 13.2. The van der Waals surface area contributed by atoms with Crippen molar-refractivity contribution >= 4 is 45.3 Å². The number of nitrogens with one attached hydrogen (secondary N) is 2. The number of para-hydroxylation sites is 1. The van der Waals surface area contributed by atoms with Gasteiger partial charge >= 0.3 is 0 Å². The average molecular weight is 486 g/mol. The van der Waals surface area contributed by atoms with Crippen LogP contribution in [-0.2, 0) is 11.2 Å². The third-order valence-corrected chi connectivity index (χ3v) is 6.71. The fourth-order valence-electron chi connectivity index (χ4n) is 3.62. The molecule has 8 heteroatoms. The smallest absolute Gasteiger partial charge is 0.251 e.